The molecule has 2 N–H and O–H groups in total. The normalized spacial score (nSPS) is 14.9. The highest BCUT2D eigenvalue weighted by Gasteiger charge is 2.14. The molecule has 0 bridgehead atoms. The molecule has 0 unspecified atom stereocenters. The van der Waals surface area contributed by atoms with E-state index in [9.17, 15) is 4.79 Å². The Hall–Kier alpha value is -2.56. The molecule has 1 aliphatic rings. The van der Waals surface area contributed by atoms with Crippen LogP contribution in [0.15, 0.2) is 42.6 Å². The molecule has 1 fully saturated rings. The van der Waals surface area contributed by atoms with Gasteiger partial charge in [-0.05, 0) is 63.1 Å². The monoisotopic (exact) mass is 353 g/mol. The van der Waals surface area contributed by atoms with Gasteiger partial charge in [-0.15, -0.1) is 0 Å². The van der Waals surface area contributed by atoms with Crippen molar-refractivity contribution in [3.8, 4) is 5.75 Å². The average molecular weight is 353 g/mol. The lowest BCUT2D eigenvalue weighted by Gasteiger charge is -2.23. The van der Waals surface area contributed by atoms with Crippen molar-refractivity contribution in [2.45, 2.75) is 58.1 Å². The fourth-order valence-corrected chi connectivity index (χ4v) is 3.16. The number of nitrogens with one attached hydrogen (secondary N) is 2. The average Bonchev–Trinajstić information content (AvgIpc) is 2.64. The van der Waals surface area contributed by atoms with E-state index < -0.39 is 0 Å². The van der Waals surface area contributed by atoms with Crippen LogP contribution in [0.3, 0.4) is 0 Å². The third-order valence-corrected chi connectivity index (χ3v) is 4.47. The Labute approximate surface area is 155 Å². The first-order valence-corrected chi connectivity index (χ1v) is 9.41. The molecule has 0 aliphatic heterocycles. The molecule has 1 heterocycles. The van der Waals surface area contributed by atoms with Gasteiger partial charge >= 0.3 is 0 Å². The first kappa shape index (κ1) is 18.2. The quantitative estimate of drug-likeness (QED) is 0.778. The first-order valence-electron chi connectivity index (χ1n) is 9.41. The number of nitrogens with zero attached hydrogens (tertiary/aromatic N) is 1. The SMILES string of the molecule is CC(C)Oc1ccc(NC(=O)c2ccc(NC3CCCCC3)nc2)cc1. The number of aromatic nitrogens is 1. The van der Waals surface area contributed by atoms with E-state index in [4.69, 9.17) is 4.74 Å². The lowest BCUT2D eigenvalue weighted by atomic mass is 9.95. The summed E-state index contributed by atoms with van der Waals surface area (Å²) in [6.45, 7) is 3.96. The number of amides is 1. The molecule has 0 radical (unpaired) electrons. The summed E-state index contributed by atoms with van der Waals surface area (Å²) in [7, 11) is 0. The van der Waals surface area contributed by atoms with Crippen molar-refractivity contribution in [1.82, 2.24) is 4.98 Å². The molecular weight excluding hydrogens is 326 g/mol. The Balaban J connectivity index is 1.55. The number of rotatable bonds is 6. The smallest absolute Gasteiger partial charge is 0.257 e. The fraction of sp³-hybridized carbons (Fsp3) is 0.429. The van der Waals surface area contributed by atoms with Crippen LogP contribution in [0.25, 0.3) is 0 Å². The molecule has 1 aromatic carbocycles. The van der Waals surface area contributed by atoms with Crippen LogP contribution < -0.4 is 15.4 Å². The number of anilines is 2. The standard InChI is InChI=1S/C21H27N3O2/c1-15(2)26-19-11-9-18(10-12-19)24-21(25)16-8-13-20(22-14-16)23-17-6-4-3-5-7-17/h8-15,17H,3-7H2,1-2H3,(H,22,23)(H,24,25). The minimum atomic E-state index is -0.167. The maximum Gasteiger partial charge on any atom is 0.257 e. The number of hydrogen-bond donors (Lipinski definition) is 2. The number of carbonyl (C=O) groups is 1. The molecule has 1 saturated carbocycles. The van der Waals surface area contributed by atoms with E-state index in [1.54, 1.807) is 6.20 Å². The molecule has 0 atom stereocenters. The lowest BCUT2D eigenvalue weighted by Crippen LogP contribution is -2.22. The van der Waals surface area contributed by atoms with Gasteiger partial charge < -0.3 is 15.4 Å². The molecule has 26 heavy (non-hydrogen) atoms. The molecule has 138 valence electrons. The lowest BCUT2D eigenvalue weighted by molar-refractivity contribution is 0.102. The topological polar surface area (TPSA) is 63.2 Å². The maximum atomic E-state index is 12.4. The molecule has 3 rings (SSSR count). The van der Waals surface area contributed by atoms with E-state index in [-0.39, 0.29) is 12.0 Å². The van der Waals surface area contributed by atoms with Gasteiger partial charge in [0.2, 0.25) is 0 Å². The van der Waals surface area contributed by atoms with Gasteiger partial charge in [0.1, 0.15) is 11.6 Å². The van der Waals surface area contributed by atoms with Crippen molar-refractivity contribution < 1.29 is 9.53 Å². The first-order chi connectivity index (χ1) is 12.6. The number of hydrogen-bond acceptors (Lipinski definition) is 4. The summed E-state index contributed by atoms with van der Waals surface area (Å²) < 4.78 is 5.60. The van der Waals surface area contributed by atoms with Crippen LogP contribution in [0.2, 0.25) is 0 Å². The van der Waals surface area contributed by atoms with Gasteiger partial charge in [-0.1, -0.05) is 19.3 Å². The predicted octanol–water partition coefficient (Wildman–Crippen LogP) is 4.87. The Kier molecular flexibility index (Phi) is 6.10. The fourth-order valence-electron chi connectivity index (χ4n) is 3.16. The van der Waals surface area contributed by atoms with Gasteiger partial charge in [-0.3, -0.25) is 4.79 Å². The summed E-state index contributed by atoms with van der Waals surface area (Å²) in [5.74, 6) is 1.46. The van der Waals surface area contributed by atoms with E-state index in [1.807, 2.05) is 50.2 Å². The van der Waals surface area contributed by atoms with Crippen LogP contribution in [0, 0.1) is 0 Å². The highest BCUT2D eigenvalue weighted by Crippen LogP contribution is 2.21. The van der Waals surface area contributed by atoms with Crippen molar-refractivity contribution in [1.29, 1.82) is 0 Å². The highest BCUT2D eigenvalue weighted by molar-refractivity contribution is 6.04. The van der Waals surface area contributed by atoms with Gasteiger partial charge in [0.05, 0.1) is 11.7 Å². The summed E-state index contributed by atoms with van der Waals surface area (Å²) >= 11 is 0. The molecule has 1 aliphatic carbocycles. The van der Waals surface area contributed by atoms with Crippen LogP contribution in [0.1, 0.15) is 56.3 Å². The van der Waals surface area contributed by atoms with Crippen molar-refractivity contribution in [2.24, 2.45) is 0 Å². The highest BCUT2D eigenvalue weighted by atomic mass is 16.5. The second kappa shape index (κ2) is 8.70. The molecular formula is C21H27N3O2. The van der Waals surface area contributed by atoms with Crippen LogP contribution in [0.4, 0.5) is 11.5 Å². The molecule has 2 aromatic rings. The zero-order valence-corrected chi connectivity index (χ0v) is 15.5. The largest absolute Gasteiger partial charge is 0.491 e. The van der Waals surface area contributed by atoms with Gasteiger partial charge in [0, 0.05) is 17.9 Å². The third-order valence-electron chi connectivity index (χ3n) is 4.47. The van der Waals surface area contributed by atoms with Gasteiger partial charge in [-0.25, -0.2) is 4.98 Å². The molecule has 0 saturated heterocycles. The minimum absolute atomic E-state index is 0.127. The van der Waals surface area contributed by atoms with E-state index in [0.29, 0.717) is 11.6 Å². The second-order valence-electron chi connectivity index (χ2n) is 7.06. The summed E-state index contributed by atoms with van der Waals surface area (Å²) in [5.41, 5.74) is 1.28. The van der Waals surface area contributed by atoms with Crippen LogP contribution in [0.5, 0.6) is 5.75 Å². The number of ether oxygens (including phenoxy) is 1. The Bertz CT molecular complexity index is 705. The number of pyridine rings is 1. The zero-order valence-electron chi connectivity index (χ0n) is 15.5. The number of carbonyl (C=O) groups excluding carboxylic acids is 1. The molecule has 1 amide bonds. The summed E-state index contributed by atoms with van der Waals surface area (Å²) in [4.78, 5) is 16.8. The molecule has 1 aromatic heterocycles. The van der Waals surface area contributed by atoms with Gasteiger partial charge in [0.15, 0.2) is 0 Å². The molecule has 5 heteroatoms. The summed E-state index contributed by atoms with van der Waals surface area (Å²) in [5, 5.41) is 6.35. The zero-order chi connectivity index (χ0) is 18.4. The summed E-state index contributed by atoms with van der Waals surface area (Å²) in [6.07, 6.45) is 8.02. The molecule has 5 nitrogen and oxygen atoms in total. The Morgan fingerprint density at radius 3 is 2.42 bits per heavy atom. The number of benzene rings is 1. The summed E-state index contributed by atoms with van der Waals surface area (Å²) in [6, 6.07) is 11.6. The minimum Gasteiger partial charge on any atom is -0.491 e. The second-order valence-corrected chi connectivity index (χ2v) is 7.06. The molecule has 0 spiro atoms. The Morgan fingerprint density at radius 2 is 1.81 bits per heavy atom. The van der Waals surface area contributed by atoms with Crippen molar-refractivity contribution in [3.05, 3.63) is 48.2 Å². The van der Waals surface area contributed by atoms with E-state index in [0.717, 1.165) is 17.3 Å². The van der Waals surface area contributed by atoms with E-state index in [1.165, 1.54) is 32.1 Å². The predicted molar refractivity (Wildman–Crippen MR) is 105 cm³/mol. The maximum absolute atomic E-state index is 12.4. The van der Waals surface area contributed by atoms with Crippen LogP contribution in [-0.2, 0) is 0 Å². The van der Waals surface area contributed by atoms with Gasteiger partial charge in [-0.2, -0.15) is 0 Å². The Morgan fingerprint density at radius 1 is 1.08 bits per heavy atom. The van der Waals surface area contributed by atoms with Crippen molar-refractivity contribution in [3.63, 3.8) is 0 Å². The van der Waals surface area contributed by atoms with Crippen molar-refractivity contribution >= 4 is 17.4 Å². The third kappa shape index (κ3) is 5.22. The van der Waals surface area contributed by atoms with Gasteiger partial charge in [0.25, 0.3) is 5.91 Å². The van der Waals surface area contributed by atoms with Crippen molar-refractivity contribution in [2.75, 3.05) is 10.6 Å². The van der Waals surface area contributed by atoms with Crippen LogP contribution >= 0.6 is 0 Å². The van der Waals surface area contributed by atoms with E-state index >= 15 is 0 Å². The van der Waals surface area contributed by atoms with E-state index in [2.05, 4.69) is 15.6 Å². The van der Waals surface area contributed by atoms with Crippen LogP contribution in [-0.4, -0.2) is 23.0 Å².